The summed E-state index contributed by atoms with van der Waals surface area (Å²) >= 11 is 1.45. The van der Waals surface area contributed by atoms with Crippen molar-refractivity contribution in [3.63, 3.8) is 0 Å². The summed E-state index contributed by atoms with van der Waals surface area (Å²) < 4.78 is 14.9. The number of carbonyl (C=O) groups excluding carboxylic acids is 1. The van der Waals surface area contributed by atoms with Crippen LogP contribution >= 0.6 is 11.8 Å². The van der Waals surface area contributed by atoms with E-state index in [0.29, 0.717) is 22.9 Å². The number of rotatable bonds is 5. The van der Waals surface area contributed by atoms with E-state index in [1.807, 2.05) is 67.6 Å². The van der Waals surface area contributed by atoms with Gasteiger partial charge in [0.15, 0.2) is 5.82 Å². The zero-order valence-corrected chi connectivity index (χ0v) is 18.4. The summed E-state index contributed by atoms with van der Waals surface area (Å²) in [7, 11) is 0. The van der Waals surface area contributed by atoms with E-state index in [1.54, 1.807) is 4.52 Å². The van der Waals surface area contributed by atoms with E-state index in [-0.39, 0.29) is 11.7 Å². The van der Waals surface area contributed by atoms with Gasteiger partial charge < -0.3 is 5.32 Å². The minimum absolute atomic E-state index is 0.314. The zero-order valence-electron chi connectivity index (χ0n) is 17.6. The summed E-state index contributed by atoms with van der Waals surface area (Å²) in [4.78, 5) is 22.6. The largest absolute Gasteiger partial charge is 0.321 e. The molecule has 0 radical (unpaired) electrons. The van der Waals surface area contributed by atoms with Crippen LogP contribution in [0.3, 0.4) is 0 Å². The smallest absolute Gasteiger partial charge is 0.255 e. The van der Waals surface area contributed by atoms with Crippen LogP contribution in [0.5, 0.6) is 0 Å². The Morgan fingerprint density at radius 2 is 1.67 bits per heavy atom. The Morgan fingerprint density at radius 1 is 0.939 bits per heavy atom. The molecule has 1 N–H and O–H groups in total. The van der Waals surface area contributed by atoms with Crippen molar-refractivity contribution in [2.45, 2.75) is 16.8 Å². The van der Waals surface area contributed by atoms with Crippen LogP contribution in [0.15, 0.2) is 94.9 Å². The van der Waals surface area contributed by atoms with Gasteiger partial charge in [-0.2, -0.15) is 9.50 Å². The molecule has 5 aromatic rings. The molecule has 5 rings (SSSR count). The first-order valence-electron chi connectivity index (χ1n) is 10.2. The van der Waals surface area contributed by atoms with Gasteiger partial charge in [0.2, 0.25) is 0 Å². The summed E-state index contributed by atoms with van der Waals surface area (Å²) in [6, 6.07) is 24.6. The molecule has 0 spiro atoms. The van der Waals surface area contributed by atoms with Crippen molar-refractivity contribution in [3.8, 4) is 11.4 Å². The Morgan fingerprint density at radius 3 is 2.45 bits per heavy atom. The highest BCUT2D eigenvalue weighted by Gasteiger charge is 2.15. The Hall–Kier alpha value is -4.04. The maximum atomic E-state index is 13.2. The van der Waals surface area contributed by atoms with Crippen LogP contribution in [0.1, 0.15) is 16.1 Å². The molecule has 0 saturated heterocycles. The van der Waals surface area contributed by atoms with Gasteiger partial charge in [-0.15, -0.1) is 5.10 Å². The number of hydrogen-bond donors (Lipinski definition) is 1. The summed E-state index contributed by atoms with van der Waals surface area (Å²) in [5.41, 5.74) is 2.73. The number of benzene rings is 3. The molecule has 2 aromatic heterocycles. The van der Waals surface area contributed by atoms with Crippen molar-refractivity contribution in [1.29, 1.82) is 0 Å². The summed E-state index contributed by atoms with van der Waals surface area (Å²) in [5, 5.41) is 8.40. The number of amides is 1. The molecule has 6 nitrogen and oxygen atoms in total. The quantitative estimate of drug-likeness (QED) is 0.347. The van der Waals surface area contributed by atoms with Crippen molar-refractivity contribution in [2.24, 2.45) is 0 Å². The summed E-state index contributed by atoms with van der Waals surface area (Å²) in [6.07, 6.45) is 0. The zero-order chi connectivity index (χ0) is 22.8. The number of carbonyl (C=O) groups is 1. The highest BCUT2D eigenvalue weighted by atomic mass is 32.2. The molecule has 0 unspecified atom stereocenters. The van der Waals surface area contributed by atoms with Gasteiger partial charge in [-0.3, -0.25) is 4.79 Å². The van der Waals surface area contributed by atoms with Crippen molar-refractivity contribution < 1.29 is 9.18 Å². The Balaban J connectivity index is 1.48. The standard InChI is InChI=1S/C25H18FN5OS/c1-16-15-22(31-25(27-16)29-23(30-31)17-7-3-2-4-8-17)33-21-10-6-5-9-20(21)28-24(32)18-11-13-19(26)14-12-18/h2-15H,1H3,(H,28,32). The molecule has 2 heterocycles. The second kappa shape index (κ2) is 8.84. The number of aromatic nitrogens is 4. The van der Waals surface area contributed by atoms with E-state index >= 15 is 0 Å². The highest BCUT2D eigenvalue weighted by molar-refractivity contribution is 7.99. The molecule has 0 aliphatic carbocycles. The highest BCUT2D eigenvalue weighted by Crippen LogP contribution is 2.34. The fraction of sp³-hybridized carbons (Fsp3) is 0.0400. The van der Waals surface area contributed by atoms with Gasteiger partial charge in [-0.25, -0.2) is 9.37 Å². The topological polar surface area (TPSA) is 72.2 Å². The van der Waals surface area contributed by atoms with Gasteiger partial charge in [0, 0.05) is 21.7 Å². The normalized spacial score (nSPS) is 11.0. The Bertz CT molecular complexity index is 1450. The maximum absolute atomic E-state index is 13.2. The molecule has 33 heavy (non-hydrogen) atoms. The molecule has 0 bridgehead atoms. The lowest BCUT2D eigenvalue weighted by Crippen LogP contribution is -2.12. The third-order valence-electron chi connectivity index (χ3n) is 4.90. The molecule has 0 atom stereocenters. The van der Waals surface area contributed by atoms with Crippen LogP contribution in [0, 0.1) is 12.7 Å². The molecular formula is C25H18FN5OS. The first-order chi connectivity index (χ1) is 16.1. The number of nitrogens with one attached hydrogen (secondary N) is 1. The van der Waals surface area contributed by atoms with Crippen molar-refractivity contribution in [3.05, 3.63) is 102 Å². The molecule has 0 saturated carbocycles. The SMILES string of the molecule is Cc1cc(Sc2ccccc2NC(=O)c2ccc(F)cc2)n2nc(-c3ccccc3)nc2n1. The average molecular weight is 456 g/mol. The van der Waals surface area contributed by atoms with Gasteiger partial charge in [0.05, 0.1) is 5.69 Å². The van der Waals surface area contributed by atoms with E-state index in [0.717, 1.165) is 21.2 Å². The average Bonchev–Trinajstić information content (AvgIpc) is 3.25. The number of nitrogens with zero attached hydrogens (tertiary/aromatic N) is 4. The number of anilines is 1. The van der Waals surface area contributed by atoms with E-state index in [9.17, 15) is 9.18 Å². The lowest BCUT2D eigenvalue weighted by molar-refractivity contribution is 0.102. The Labute approximate surface area is 193 Å². The van der Waals surface area contributed by atoms with Gasteiger partial charge in [-0.1, -0.05) is 54.2 Å². The maximum Gasteiger partial charge on any atom is 0.255 e. The van der Waals surface area contributed by atoms with Crippen molar-refractivity contribution in [1.82, 2.24) is 19.6 Å². The second-order valence-corrected chi connectivity index (χ2v) is 8.37. The molecule has 0 fully saturated rings. The van der Waals surface area contributed by atoms with Gasteiger partial charge in [0.25, 0.3) is 11.7 Å². The summed E-state index contributed by atoms with van der Waals surface area (Å²) in [6.45, 7) is 1.91. The third kappa shape index (κ3) is 4.47. The Kier molecular flexibility index (Phi) is 5.58. The summed E-state index contributed by atoms with van der Waals surface area (Å²) in [5.74, 6) is 0.395. The van der Waals surface area contributed by atoms with Gasteiger partial charge in [-0.05, 0) is 49.4 Å². The predicted octanol–water partition coefficient (Wildman–Crippen LogP) is 5.64. The van der Waals surface area contributed by atoms with E-state index in [4.69, 9.17) is 0 Å². The number of aryl methyl sites for hydroxylation is 1. The lowest BCUT2D eigenvalue weighted by atomic mass is 10.2. The van der Waals surface area contributed by atoms with Crippen LogP contribution in [0.2, 0.25) is 0 Å². The minimum atomic E-state index is -0.387. The molecule has 0 aliphatic rings. The number of hydrogen-bond acceptors (Lipinski definition) is 5. The van der Waals surface area contributed by atoms with Gasteiger partial charge >= 0.3 is 0 Å². The van der Waals surface area contributed by atoms with E-state index < -0.39 is 0 Å². The molecular weight excluding hydrogens is 437 g/mol. The van der Waals surface area contributed by atoms with E-state index in [1.165, 1.54) is 36.0 Å². The second-order valence-electron chi connectivity index (χ2n) is 7.31. The van der Waals surface area contributed by atoms with Crippen LogP contribution in [-0.4, -0.2) is 25.5 Å². The molecule has 1 amide bonds. The predicted molar refractivity (Wildman–Crippen MR) is 126 cm³/mol. The van der Waals surface area contributed by atoms with Crippen LogP contribution < -0.4 is 5.32 Å². The van der Waals surface area contributed by atoms with Crippen LogP contribution in [0.4, 0.5) is 10.1 Å². The molecule has 8 heteroatoms. The molecule has 3 aromatic carbocycles. The van der Waals surface area contributed by atoms with Crippen LogP contribution in [-0.2, 0) is 0 Å². The fourth-order valence-corrected chi connectivity index (χ4v) is 4.34. The van der Waals surface area contributed by atoms with E-state index in [2.05, 4.69) is 20.4 Å². The van der Waals surface area contributed by atoms with Crippen LogP contribution in [0.25, 0.3) is 17.2 Å². The first-order valence-corrected chi connectivity index (χ1v) is 11.0. The number of halogens is 1. The van der Waals surface area contributed by atoms with Gasteiger partial charge in [0.1, 0.15) is 10.8 Å². The first kappa shape index (κ1) is 20.8. The lowest BCUT2D eigenvalue weighted by Gasteiger charge is -2.11. The third-order valence-corrected chi connectivity index (χ3v) is 5.97. The van der Waals surface area contributed by atoms with Crippen molar-refractivity contribution in [2.75, 3.05) is 5.32 Å². The molecule has 0 aliphatic heterocycles. The fourth-order valence-electron chi connectivity index (χ4n) is 3.30. The monoisotopic (exact) mass is 455 g/mol. The minimum Gasteiger partial charge on any atom is -0.321 e. The van der Waals surface area contributed by atoms with Crippen molar-refractivity contribution >= 4 is 29.1 Å². The number of fused-ring (bicyclic) bond motifs is 1. The molecule has 162 valence electrons. The number of para-hydroxylation sites is 1.